The normalized spacial score (nSPS) is 18.7. The number of halogens is 6. The molecule has 14 heteroatoms. The molecule has 3 fully saturated rings. The molecule has 0 atom stereocenters. The Balaban J connectivity index is 0.000000297. The summed E-state index contributed by atoms with van der Waals surface area (Å²) in [5.41, 5.74) is 1.55. The van der Waals surface area contributed by atoms with E-state index in [9.17, 15) is 22.8 Å². The lowest BCUT2D eigenvalue weighted by Crippen LogP contribution is -2.60. The Morgan fingerprint density at radius 1 is 0.911 bits per heavy atom. The van der Waals surface area contributed by atoms with Crippen LogP contribution in [0.3, 0.4) is 0 Å². The molecule has 0 bridgehead atoms. The minimum atomic E-state index is -4.26. The number of nitrogens with zero attached hydrogens (tertiary/aromatic N) is 4. The Hall–Kier alpha value is -1.89. The van der Waals surface area contributed by atoms with Crippen molar-refractivity contribution in [3.63, 3.8) is 0 Å². The van der Waals surface area contributed by atoms with E-state index in [1.165, 1.54) is 18.2 Å². The standard InChI is InChI=1S/C23H34ClN5O2S.C8H5Cl2F3/c1-26-9-11-28(12-10-26)23(31)20-4-3-17(13-21(20)24)25-18-14-29(15-18)19-5-7-27(8-6-19)22(30)16-32-2;9-6-1-2-7(10)5(3-6)4-8(11,12)13/h3-4,13,18-19,25H,5-12,14-16H2,1-2H3;1-3H,4H2. The van der Waals surface area contributed by atoms with Crippen molar-refractivity contribution in [2.45, 2.75) is 37.5 Å². The second-order valence-electron chi connectivity index (χ2n) is 11.7. The molecule has 1 N–H and O–H groups in total. The van der Waals surface area contributed by atoms with Crippen LogP contribution in [0.4, 0.5) is 18.9 Å². The van der Waals surface area contributed by atoms with Crippen LogP contribution in [0.1, 0.15) is 28.8 Å². The molecule has 0 radical (unpaired) electrons. The van der Waals surface area contributed by atoms with Gasteiger partial charge in [-0.25, -0.2) is 0 Å². The summed E-state index contributed by atoms with van der Waals surface area (Å²) < 4.78 is 35.9. The highest BCUT2D eigenvalue weighted by Gasteiger charge is 2.35. The number of hydrogen-bond donors (Lipinski definition) is 1. The lowest BCUT2D eigenvalue weighted by Gasteiger charge is -2.47. The average molecular weight is 709 g/mol. The molecule has 5 rings (SSSR count). The van der Waals surface area contributed by atoms with Crippen molar-refractivity contribution in [3.05, 3.63) is 62.6 Å². The summed E-state index contributed by atoms with van der Waals surface area (Å²) in [6.07, 6.45) is -1.21. The van der Waals surface area contributed by atoms with Crippen LogP contribution in [-0.4, -0.2) is 121 Å². The average Bonchev–Trinajstić information content (AvgIpc) is 2.97. The van der Waals surface area contributed by atoms with Crippen LogP contribution >= 0.6 is 46.6 Å². The molecule has 3 saturated heterocycles. The molecule has 3 heterocycles. The van der Waals surface area contributed by atoms with Crippen molar-refractivity contribution < 1.29 is 22.8 Å². The number of piperidine rings is 1. The zero-order valence-corrected chi connectivity index (χ0v) is 28.5. The maximum atomic E-state index is 12.8. The number of likely N-dealkylation sites (tertiary alicyclic amines) is 2. The molecule has 2 aromatic rings. The largest absolute Gasteiger partial charge is 0.393 e. The number of amides is 2. The molecule has 0 aromatic heterocycles. The van der Waals surface area contributed by atoms with Gasteiger partial charge in [0.15, 0.2) is 0 Å². The summed E-state index contributed by atoms with van der Waals surface area (Å²) in [5.74, 6) is 0.875. The van der Waals surface area contributed by atoms with Crippen LogP contribution in [0.5, 0.6) is 0 Å². The quantitative estimate of drug-likeness (QED) is 0.366. The SMILES string of the molecule is CSCC(=O)N1CCC(N2CC(Nc3ccc(C(=O)N4CCN(C)CC4)c(Cl)c3)C2)CC1.FC(F)(F)Cc1cc(Cl)ccc1Cl. The van der Waals surface area contributed by atoms with E-state index in [1.54, 1.807) is 11.8 Å². The number of anilines is 1. The second kappa shape index (κ2) is 16.3. The lowest BCUT2D eigenvalue weighted by molar-refractivity contribution is -0.130. The monoisotopic (exact) mass is 707 g/mol. The number of likely N-dealkylation sites (N-methyl/N-ethyl adjacent to an activating group) is 1. The lowest BCUT2D eigenvalue weighted by atomic mass is 9.97. The fourth-order valence-electron chi connectivity index (χ4n) is 5.69. The third kappa shape index (κ3) is 10.6. The number of carbonyl (C=O) groups excluding carboxylic acids is 2. The maximum Gasteiger partial charge on any atom is 0.393 e. The number of carbonyl (C=O) groups is 2. The third-order valence-corrected chi connectivity index (χ3v) is 9.72. The van der Waals surface area contributed by atoms with Crippen LogP contribution in [0.25, 0.3) is 0 Å². The fraction of sp³-hybridized carbons (Fsp3) is 0.548. The van der Waals surface area contributed by atoms with Crippen molar-refractivity contribution >= 4 is 64.1 Å². The molecule has 0 unspecified atom stereocenters. The Bertz CT molecular complexity index is 1320. The number of thioether (sulfide) groups is 1. The molecule has 2 amide bonds. The molecule has 2 aromatic carbocycles. The zero-order chi connectivity index (χ0) is 32.7. The van der Waals surface area contributed by atoms with Crippen LogP contribution < -0.4 is 5.32 Å². The van der Waals surface area contributed by atoms with Crippen LogP contribution in [0.15, 0.2) is 36.4 Å². The highest BCUT2D eigenvalue weighted by atomic mass is 35.5. The third-order valence-electron chi connectivity index (χ3n) is 8.27. The molecule has 3 aliphatic heterocycles. The van der Waals surface area contributed by atoms with Gasteiger partial charge in [-0.15, -0.1) is 0 Å². The number of nitrogens with one attached hydrogen (secondary N) is 1. The van der Waals surface area contributed by atoms with Crippen LogP contribution in [-0.2, 0) is 11.2 Å². The van der Waals surface area contributed by atoms with Gasteiger partial charge in [0.05, 0.1) is 28.8 Å². The van der Waals surface area contributed by atoms with Gasteiger partial charge in [0.1, 0.15) is 0 Å². The first kappa shape index (κ1) is 36.0. The molecule has 45 heavy (non-hydrogen) atoms. The molecule has 0 spiro atoms. The summed E-state index contributed by atoms with van der Waals surface area (Å²) in [6, 6.07) is 10.7. The Kier molecular flexibility index (Phi) is 13.0. The van der Waals surface area contributed by atoms with Crippen LogP contribution in [0, 0.1) is 0 Å². The highest BCUT2D eigenvalue weighted by Crippen LogP contribution is 2.29. The van der Waals surface area contributed by atoms with E-state index in [0.717, 1.165) is 70.9 Å². The molecular weight excluding hydrogens is 670 g/mol. The number of rotatable bonds is 7. The van der Waals surface area contributed by atoms with E-state index in [4.69, 9.17) is 34.8 Å². The zero-order valence-electron chi connectivity index (χ0n) is 25.4. The van der Waals surface area contributed by atoms with E-state index in [1.807, 2.05) is 34.3 Å². The van der Waals surface area contributed by atoms with Crippen molar-refractivity contribution in [1.82, 2.24) is 19.6 Å². The van der Waals surface area contributed by atoms with Gasteiger partial charge in [0, 0.05) is 74.1 Å². The molecule has 0 saturated carbocycles. The van der Waals surface area contributed by atoms with Gasteiger partial charge in [-0.2, -0.15) is 24.9 Å². The van der Waals surface area contributed by atoms with Gasteiger partial charge in [-0.3, -0.25) is 14.5 Å². The van der Waals surface area contributed by atoms with E-state index in [2.05, 4.69) is 22.2 Å². The first-order valence-electron chi connectivity index (χ1n) is 14.9. The topological polar surface area (TPSA) is 59.1 Å². The van der Waals surface area contributed by atoms with Gasteiger partial charge in [0.25, 0.3) is 5.91 Å². The summed E-state index contributed by atoms with van der Waals surface area (Å²) in [7, 11) is 2.08. The van der Waals surface area contributed by atoms with Crippen molar-refractivity contribution in [3.8, 4) is 0 Å². The molecule has 0 aliphatic carbocycles. The number of hydrogen-bond acceptors (Lipinski definition) is 6. The van der Waals surface area contributed by atoms with Gasteiger partial charge in [-0.1, -0.05) is 34.8 Å². The minimum absolute atomic E-state index is 0.00154. The summed E-state index contributed by atoms with van der Waals surface area (Å²) in [6.45, 7) is 7.03. The van der Waals surface area contributed by atoms with Gasteiger partial charge >= 0.3 is 6.18 Å². The Morgan fingerprint density at radius 2 is 1.58 bits per heavy atom. The number of benzene rings is 2. The van der Waals surface area contributed by atoms with Crippen molar-refractivity contribution in [1.29, 1.82) is 0 Å². The molecular formula is C31H39Cl3F3N5O2S. The second-order valence-corrected chi connectivity index (χ2v) is 13.8. The number of piperazine rings is 1. The minimum Gasteiger partial charge on any atom is -0.380 e. The van der Waals surface area contributed by atoms with E-state index < -0.39 is 12.6 Å². The Labute approximate surface area is 282 Å². The predicted octanol–water partition coefficient (Wildman–Crippen LogP) is 6.28. The summed E-state index contributed by atoms with van der Waals surface area (Å²) in [5, 5.41) is 4.41. The van der Waals surface area contributed by atoms with Gasteiger partial charge < -0.3 is 20.0 Å². The smallest absolute Gasteiger partial charge is 0.380 e. The Morgan fingerprint density at radius 3 is 2.18 bits per heavy atom. The molecule has 3 aliphatic rings. The first-order chi connectivity index (χ1) is 21.3. The van der Waals surface area contributed by atoms with Crippen molar-refractivity contribution in [2.75, 3.05) is 76.7 Å². The molecule has 7 nitrogen and oxygen atoms in total. The van der Waals surface area contributed by atoms with E-state index >= 15 is 0 Å². The number of alkyl halides is 3. The highest BCUT2D eigenvalue weighted by molar-refractivity contribution is 7.99. The maximum absolute atomic E-state index is 12.8. The summed E-state index contributed by atoms with van der Waals surface area (Å²) in [4.78, 5) is 33.5. The predicted molar refractivity (Wildman–Crippen MR) is 178 cm³/mol. The van der Waals surface area contributed by atoms with E-state index in [0.29, 0.717) is 28.4 Å². The van der Waals surface area contributed by atoms with Crippen molar-refractivity contribution in [2.24, 2.45) is 0 Å². The van der Waals surface area contributed by atoms with Crippen LogP contribution in [0.2, 0.25) is 15.1 Å². The first-order valence-corrected chi connectivity index (χ1v) is 17.4. The molecule has 248 valence electrons. The van der Waals surface area contributed by atoms with Gasteiger partial charge in [-0.05, 0) is 68.1 Å². The fourth-order valence-corrected chi connectivity index (χ4v) is 6.76. The van der Waals surface area contributed by atoms with E-state index in [-0.39, 0.29) is 27.4 Å². The van der Waals surface area contributed by atoms with Gasteiger partial charge in [0.2, 0.25) is 5.91 Å². The summed E-state index contributed by atoms with van der Waals surface area (Å²) >= 11 is 19.1.